The van der Waals surface area contributed by atoms with Gasteiger partial charge in [-0.05, 0) is 41.5 Å². The van der Waals surface area contributed by atoms with Crippen LogP contribution in [-0.2, 0) is 11.2 Å². The second-order valence-corrected chi connectivity index (χ2v) is 6.78. The zero-order valence-corrected chi connectivity index (χ0v) is 14.2. The van der Waals surface area contributed by atoms with E-state index in [1.807, 2.05) is 35.7 Å². The van der Waals surface area contributed by atoms with Crippen LogP contribution in [0.2, 0.25) is 0 Å². The van der Waals surface area contributed by atoms with Crippen molar-refractivity contribution >= 4 is 17.2 Å². The summed E-state index contributed by atoms with van der Waals surface area (Å²) in [5, 5.41) is 5.10. The molecule has 1 unspecified atom stereocenters. The first kappa shape index (κ1) is 16.6. The molecule has 1 aromatic heterocycles. The first-order valence-corrected chi connectivity index (χ1v) is 8.42. The van der Waals surface area contributed by atoms with Gasteiger partial charge in [0, 0.05) is 11.4 Å². The Morgan fingerprint density at radius 2 is 1.95 bits per heavy atom. The maximum Gasteiger partial charge on any atom is 0.227 e. The Labute approximate surface area is 136 Å². The van der Waals surface area contributed by atoms with Gasteiger partial charge in [0.15, 0.2) is 0 Å². The summed E-state index contributed by atoms with van der Waals surface area (Å²) in [7, 11) is 1.65. The Bertz CT molecular complexity index is 576. The Balaban J connectivity index is 2.17. The molecule has 0 aliphatic carbocycles. The van der Waals surface area contributed by atoms with Crippen molar-refractivity contribution in [3.63, 3.8) is 0 Å². The van der Waals surface area contributed by atoms with Gasteiger partial charge >= 0.3 is 0 Å². The lowest BCUT2D eigenvalue weighted by Gasteiger charge is -2.18. The van der Waals surface area contributed by atoms with Crippen molar-refractivity contribution in [3.05, 3.63) is 52.2 Å². The molecule has 1 N–H and O–H groups in total. The maximum atomic E-state index is 12.6. The van der Waals surface area contributed by atoms with Gasteiger partial charge in [0.1, 0.15) is 5.75 Å². The van der Waals surface area contributed by atoms with E-state index in [2.05, 4.69) is 25.2 Å². The fraction of sp³-hybridized carbons (Fsp3) is 0.389. The van der Waals surface area contributed by atoms with Crippen LogP contribution in [0.15, 0.2) is 41.8 Å². The summed E-state index contributed by atoms with van der Waals surface area (Å²) in [5.74, 6) is 1.18. The molecule has 0 saturated heterocycles. The fourth-order valence-corrected chi connectivity index (χ4v) is 3.01. The van der Waals surface area contributed by atoms with Crippen LogP contribution in [0.1, 0.15) is 30.2 Å². The molecular weight excluding hydrogens is 294 g/mol. The zero-order chi connectivity index (χ0) is 15.9. The van der Waals surface area contributed by atoms with Gasteiger partial charge in [-0.3, -0.25) is 4.79 Å². The lowest BCUT2D eigenvalue weighted by molar-refractivity contribution is -0.122. The van der Waals surface area contributed by atoms with E-state index < -0.39 is 0 Å². The highest BCUT2D eigenvalue weighted by Gasteiger charge is 2.21. The predicted molar refractivity (Wildman–Crippen MR) is 91.6 cm³/mol. The van der Waals surface area contributed by atoms with Crippen LogP contribution >= 0.6 is 11.3 Å². The standard InChI is InChI=1S/C18H23NO2S/c1-13(2)12-19-18(20)17(11-16-5-4-10-22-16)14-6-8-15(21-3)9-7-14/h4-10,13,17H,11-12H2,1-3H3,(H,19,20). The SMILES string of the molecule is COc1ccc(C(Cc2cccs2)C(=O)NCC(C)C)cc1. The van der Waals surface area contributed by atoms with Crippen LogP contribution in [0.3, 0.4) is 0 Å². The molecule has 0 aliphatic rings. The molecule has 2 rings (SSSR count). The van der Waals surface area contributed by atoms with E-state index in [4.69, 9.17) is 4.74 Å². The summed E-state index contributed by atoms with van der Waals surface area (Å²) in [4.78, 5) is 13.8. The number of ether oxygens (including phenoxy) is 1. The number of benzene rings is 1. The van der Waals surface area contributed by atoms with E-state index in [9.17, 15) is 4.79 Å². The molecule has 2 aromatic rings. The highest BCUT2D eigenvalue weighted by atomic mass is 32.1. The number of hydrogen-bond acceptors (Lipinski definition) is 3. The number of nitrogens with one attached hydrogen (secondary N) is 1. The van der Waals surface area contributed by atoms with Crippen molar-refractivity contribution in [1.29, 1.82) is 0 Å². The first-order valence-electron chi connectivity index (χ1n) is 7.54. The van der Waals surface area contributed by atoms with E-state index >= 15 is 0 Å². The van der Waals surface area contributed by atoms with Crippen molar-refractivity contribution in [3.8, 4) is 5.75 Å². The number of carbonyl (C=O) groups is 1. The molecule has 4 heteroatoms. The van der Waals surface area contributed by atoms with Crippen LogP contribution in [0.25, 0.3) is 0 Å². The van der Waals surface area contributed by atoms with Crippen LogP contribution in [0, 0.1) is 5.92 Å². The van der Waals surface area contributed by atoms with Gasteiger partial charge in [0.2, 0.25) is 5.91 Å². The molecule has 0 radical (unpaired) electrons. The van der Waals surface area contributed by atoms with Crippen molar-refractivity contribution < 1.29 is 9.53 Å². The molecule has 1 amide bonds. The van der Waals surface area contributed by atoms with E-state index in [0.717, 1.165) is 17.7 Å². The molecule has 1 heterocycles. The monoisotopic (exact) mass is 317 g/mol. The number of carbonyl (C=O) groups excluding carboxylic acids is 1. The smallest absolute Gasteiger partial charge is 0.227 e. The maximum absolute atomic E-state index is 12.6. The lowest BCUT2D eigenvalue weighted by Crippen LogP contribution is -2.33. The Kier molecular flexibility index (Phi) is 6.01. The summed E-state index contributed by atoms with van der Waals surface area (Å²) in [6.07, 6.45) is 0.730. The Morgan fingerprint density at radius 1 is 1.23 bits per heavy atom. The summed E-state index contributed by atoms with van der Waals surface area (Å²) >= 11 is 1.69. The van der Waals surface area contributed by atoms with E-state index in [0.29, 0.717) is 12.5 Å². The number of hydrogen-bond donors (Lipinski definition) is 1. The molecule has 3 nitrogen and oxygen atoms in total. The van der Waals surface area contributed by atoms with Gasteiger partial charge in [-0.1, -0.05) is 32.0 Å². The molecule has 0 bridgehead atoms. The van der Waals surface area contributed by atoms with E-state index in [-0.39, 0.29) is 11.8 Å². The third kappa shape index (κ3) is 4.60. The fourth-order valence-electron chi connectivity index (χ4n) is 2.26. The van der Waals surface area contributed by atoms with E-state index in [1.54, 1.807) is 18.4 Å². The van der Waals surface area contributed by atoms with Gasteiger partial charge < -0.3 is 10.1 Å². The topological polar surface area (TPSA) is 38.3 Å². The minimum atomic E-state index is -0.164. The van der Waals surface area contributed by atoms with E-state index in [1.165, 1.54) is 4.88 Å². The highest BCUT2D eigenvalue weighted by molar-refractivity contribution is 7.09. The second kappa shape index (κ2) is 7.99. The lowest BCUT2D eigenvalue weighted by atomic mass is 9.93. The summed E-state index contributed by atoms with van der Waals surface area (Å²) in [6.45, 7) is 4.90. The molecular formula is C18H23NO2S. The molecule has 1 aromatic carbocycles. The van der Waals surface area contributed by atoms with Crippen LogP contribution in [0.4, 0.5) is 0 Å². The number of thiophene rings is 1. The number of amides is 1. The Hall–Kier alpha value is -1.81. The molecule has 0 spiro atoms. The number of methoxy groups -OCH3 is 1. The second-order valence-electron chi connectivity index (χ2n) is 5.75. The van der Waals surface area contributed by atoms with Gasteiger partial charge in [0.05, 0.1) is 13.0 Å². The highest BCUT2D eigenvalue weighted by Crippen LogP contribution is 2.25. The third-order valence-corrected chi connectivity index (χ3v) is 4.40. The average molecular weight is 317 g/mol. The molecule has 0 aliphatic heterocycles. The van der Waals surface area contributed by atoms with Gasteiger partial charge in [-0.15, -0.1) is 11.3 Å². The molecule has 118 valence electrons. The zero-order valence-electron chi connectivity index (χ0n) is 13.3. The minimum Gasteiger partial charge on any atom is -0.497 e. The quantitative estimate of drug-likeness (QED) is 0.842. The van der Waals surface area contributed by atoms with Crippen molar-refractivity contribution in [2.45, 2.75) is 26.2 Å². The van der Waals surface area contributed by atoms with Crippen LogP contribution in [-0.4, -0.2) is 19.6 Å². The summed E-state index contributed by atoms with van der Waals surface area (Å²) in [5.41, 5.74) is 1.02. The van der Waals surface area contributed by atoms with Crippen molar-refractivity contribution in [2.24, 2.45) is 5.92 Å². The average Bonchev–Trinajstić information content (AvgIpc) is 3.03. The summed E-state index contributed by atoms with van der Waals surface area (Å²) in [6, 6.07) is 11.9. The molecule has 22 heavy (non-hydrogen) atoms. The van der Waals surface area contributed by atoms with Gasteiger partial charge in [0.25, 0.3) is 0 Å². The van der Waals surface area contributed by atoms with Gasteiger partial charge in [-0.25, -0.2) is 0 Å². The van der Waals surface area contributed by atoms with Crippen molar-refractivity contribution in [1.82, 2.24) is 5.32 Å². The first-order chi connectivity index (χ1) is 10.6. The summed E-state index contributed by atoms with van der Waals surface area (Å²) < 4.78 is 5.20. The van der Waals surface area contributed by atoms with Gasteiger partial charge in [-0.2, -0.15) is 0 Å². The molecule has 1 atom stereocenters. The normalized spacial score (nSPS) is 12.2. The largest absolute Gasteiger partial charge is 0.497 e. The van der Waals surface area contributed by atoms with Crippen molar-refractivity contribution in [2.75, 3.05) is 13.7 Å². The molecule has 0 fully saturated rings. The number of rotatable bonds is 7. The third-order valence-electron chi connectivity index (χ3n) is 3.50. The minimum absolute atomic E-state index is 0.0901. The van der Waals surface area contributed by atoms with Crippen LogP contribution in [0.5, 0.6) is 5.75 Å². The predicted octanol–water partition coefficient (Wildman–Crippen LogP) is 3.86. The van der Waals surface area contributed by atoms with Crippen LogP contribution < -0.4 is 10.1 Å². The Morgan fingerprint density at radius 3 is 2.50 bits per heavy atom. The molecule has 0 saturated carbocycles.